The van der Waals surface area contributed by atoms with Crippen molar-refractivity contribution in [1.82, 2.24) is 5.32 Å². The Bertz CT molecular complexity index is 548. The van der Waals surface area contributed by atoms with E-state index in [1.165, 1.54) is 12.1 Å². The molecule has 0 atom stereocenters. The summed E-state index contributed by atoms with van der Waals surface area (Å²) in [5, 5.41) is 5.89. The Morgan fingerprint density at radius 3 is 2.42 bits per heavy atom. The molecule has 2 N–H and O–H groups in total. The van der Waals surface area contributed by atoms with Gasteiger partial charge >= 0.3 is 0 Å². The van der Waals surface area contributed by atoms with Gasteiger partial charge in [-0.05, 0) is 43.3 Å². The van der Waals surface area contributed by atoms with Crippen LogP contribution in [0.1, 0.15) is 13.3 Å². The zero-order valence-electron chi connectivity index (χ0n) is 10.8. The third-order valence-corrected chi connectivity index (χ3v) is 4.97. The molecule has 1 fully saturated rings. The summed E-state index contributed by atoms with van der Waals surface area (Å²) in [6, 6.07) is 6.30. The predicted octanol–water partition coefficient (Wildman–Crippen LogP) is 1.03. The Morgan fingerprint density at radius 1 is 1.32 bits per heavy atom. The molecule has 6 heteroatoms. The van der Waals surface area contributed by atoms with Crippen LogP contribution in [-0.4, -0.2) is 33.2 Å². The molecular formula is C13H18N2O3S. The van der Waals surface area contributed by atoms with Crippen molar-refractivity contribution in [3.8, 4) is 0 Å². The lowest BCUT2D eigenvalue weighted by Crippen LogP contribution is -2.43. The first kappa shape index (κ1) is 14.0. The fraction of sp³-hybridized carbons (Fsp3) is 0.462. The molecule has 0 radical (unpaired) electrons. The van der Waals surface area contributed by atoms with Gasteiger partial charge in [-0.25, -0.2) is 8.42 Å². The Morgan fingerprint density at radius 2 is 1.95 bits per heavy atom. The van der Waals surface area contributed by atoms with E-state index in [-0.39, 0.29) is 16.6 Å². The van der Waals surface area contributed by atoms with Gasteiger partial charge in [0.2, 0.25) is 5.91 Å². The van der Waals surface area contributed by atoms with Crippen molar-refractivity contribution < 1.29 is 13.2 Å². The second-order valence-electron chi connectivity index (χ2n) is 4.70. The molecule has 1 amide bonds. The van der Waals surface area contributed by atoms with E-state index >= 15 is 0 Å². The highest BCUT2D eigenvalue weighted by Crippen LogP contribution is 2.16. The van der Waals surface area contributed by atoms with Crippen LogP contribution in [0.15, 0.2) is 29.2 Å². The van der Waals surface area contributed by atoms with Crippen molar-refractivity contribution in [2.75, 3.05) is 24.2 Å². The van der Waals surface area contributed by atoms with Crippen LogP contribution >= 0.6 is 0 Å². The van der Waals surface area contributed by atoms with E-state index < -0.39 is 9.84 Å². The van der Waals surface area contributed by atoms with E-state index in [4.69, 9.17) is 0 Å². The minimum Gasteiger partial charge on any atom is -0.326 e. The number of amides is 1. The van der Waals surface area contributed by atoms with Gasteiger partial charge < -0.3 is 10.6 Å². The molecule has 1 heterocycles. The number of rotatable bonds is 5. The molecule has 19 heavy (non-hydrogen) atoms. The van der Waals surface area contributed by atoms with Crippen LogP contribution in [0, 0.1) is 5.92 Å². The highest BCUT2D eigenvalue weighted by Gasteiger charge is 2.20. The minimum atomic E-state index is -3.18. The average molecular weight is 282 g/mol. The number of nitrogens with one attached hydrogen (secondary N) is 2. The minimum absolute atomic E-state index is 0.0300. The lowest BCUT2D eigenvalue weighted by atomic mass is 9.99. The fourth-order valence-corrected chi connectivity index (χ4v) is 2.76. The first-order valence-electron chi connectivity index (χ1n) is 6.34. The lowest BCUT2D eigenvalue weighted by Gasteiger charge is -2.26. The molecule has 0 bridgehead atoms. The van der Waals surface area contributed by atoms with E-state index in [0.717, 1.165) is 13.1 Å². The normalized spacial score (nSPS) is 15.8. The summed E-state index contributed by atoms with van der Waals surface area (Å²) in [4.78, 5) is 12.0. The number of carbonyl (C=O) groups is 1. The summed E-state index contributed by atoms with van der Waals surface area (Å²) in [5.74, 6) is 0.463. The Kier molecular flexibility index (Phi) is 4.21. The largest absolute Gasteiger partial charge is 0.326 e. The molecule has 1 saturated heterocycles. The first-order valence-corrected chi connectivity index (χ1v) is 8.00. The second-order valence-corrected chi connectivity index (χ2v) is 6.98. The van der Waals surface area contributed by atoms with E-state index in [1.807, 2.05) is 0 Å². The molecule has 2 rings (SSSR count). The van der Waals surface area contributed by atoms with Crippen LogP contribution in [0.25, 0.3) is 0 Å². The van der Waals surface area contributed by atoms with Gasteiger partial charge in [0, 0.05) is 12.1 Å². The van der Waals surface area contributed by atoms with Crippen molar-refractivity contribution in [2.24, 2.45) is 5.92 Å². The van der Waals surface area contributed by atoms with Gasteiger partial charge in [0.05, 0.1) is 10.6 Å². The molecule has 1 aromatic carbocycles. The van der Waals surface area contributed by atoms with Crippen LogP contribution in [0.2, 0.25) is 0 Å². The van der Waals surface area contributed by atoms with Crippen molar-refractivity contribution in [1.29, 1.82) is 0 Å². The molecule has 0 saturated carbocycles. The lowest BCUT2D eigenvalue weighted by molar-refractivity contribution is -0.117. The summed E-state index contributed by atoms with van der Waals surface area (Å²) in [7, 11) is -3.18. The molecule has 0 spiro atoms. The molecule has 0 unspecified atom stereocenters. The zero-order chi connectivity index (χ0) is 13.9. The molecule has 5 nitrogen and oxygen atoms in total. The predicted molar refractivity (Wildman–Crippen MR) is 73.8 cm³/mol. The SMILES string of the molecule is CCS(=O)(=O)c1ccc(NC(=O)CC2CNC2)cc1. The molecule has 1 aliphatic rings. The second kappa shape index (κ2) is 5.71. The van der Waals surface area contributed by atoms with Crippen molar-refractivity contribution >= 4 is 21.4 Å². The third kappa shape index (κ3) is 3.54. The number of hydrogen-bond acceptors (Lipinski definition) is 4. The van der Waals surface area contributed by atoms with E-state index in [0.29, 0.717) is 18.0 Å². The van der Waals surface area contributed by atoms with E-state index in [2.05, 4.69) is 10.6 Å². The number of carbonyl (C=O) groups excluding carboxylic acids is 1. The summed E-state index contributed by atoms with van der Waals surface area (Å²) in [6.45, 7) is 3.39. The Balaban J connectivity index is 1.96. The van der Waals surface area contributed by atoms with Crippen LogP contribution in [0.4, 0.5) is 5.69 Å². The maximum atomic E-state index is 11.7. The van der Waals surface area contributed by atoms with Crippen LogP contribution in [0.5, 0.6) is 0 Å². The summed E-state index contributed by atoms with van der Waals surface area (Å²) in [6.07, 6.45) is 0.502. The third-order valence-electron chi connectivity index (χ3n) is 3.22. The van der Waals surface area contributed by atoms with Crippen LogP contribution < -0.4 is 10.6 Å². The van der Waals surface area contributed by atoms with Gasteiger partial charge in [-0.2, -0.15) is 0 Å². The fourth-order valence-electron chi connectivity index (χ4n) is 1.88. The van der Waals surface area contributed by atoms with Gasteiger partial charge in [-0.3, -0.25) is 4.79 Å². The van der Waals surface area contributed by atoms with E-state index in [1.54, 1.807) is 19.1 Å². The smallest absolute Gasteiger partial charge is 0.224 e. The standard InChI is InChI=1S/C13H18N2O3S/c1-2-19(17,18)12-5-3-11(4-6-12)15-13(16)7-10-8-14-9-10/h3-6,10,14H,2,7-9H2,1H3,(H,15,16). The maximum absolute atomic E-state index is 11.7. The highest BCUT2D eigenvalue weighted by atomic mass is 32.2. The Labute approximate surface area is 113 Å². The molecule has 1 aliphatic heterocycles. The number of hydrogen-bond donors (Lipinski definition) is 2. The van der Waals surface area contributed by atoms with Gasteiger partial charge in [-0.1, -0.05) is 6.92 Å². The van der Waals surface area contributed by atoms with Crippen LogP contribution in [0.3, 0.4) is 0 Å². The van der Waals surface area contributed by atoms with Crippen molar-refractivity contribution in [3.63, 3.8) is 0 Å². The summed E-state index contributed by atoms with van der Waals surface area (Å²) < 4.78 is 23.3. The quantitative estimate of drug-likeness (QED) is 0.846. The molecule has 0 aromatic heterocycles. The van der Waals surface area contributed by atoms with Crippen LogP contribution in [-0.2, 0) is 14.6 Å². The molecule has 1 aromatic rings. The maximum Gasteiger partial charge on any atom is 0.224 e. The highest BCUT2D eigenvalue weighted by molar-refractivity contribution is 7.91. The first-order chi connectivity index (χ1) is 9.01. The zero-order valence-corrected chi connectivity index (χ0v) is 11.7. The van der Waals surface area contributed by atoms with Gasteiger partial charge in [-0.15, -0.1) is 0 Å². The Hall–Kier alpha value is -1.40. The average Bonchev–Trinajstić information content (AvgIpc) is 2.35. The van der Waals surface area contributed by atoms with Crippen molar-refractivity contribution in [2.45, 2.75) is 18.2 Å². The molecule has 0 aliphatic carbocycles. The van der Waals surface area contributed by atoms with Gasteiger partial charge in [0.1, 0.15) is 0 Å². The number of anilines is 1. The monoisotopic (exact) mass is 282 g/mol. The number of sulfone groups is 1. The van der Waals surface area contributed by atoms with E-state index in [9.17, 15) is 13.2 Å². The molecular weight excluding hydrogens is 264 g/mol. The molecule has 104 valence electrons. The van der Waals surface area contributed by atoms with Gasteiger partial charge in [0.15, 0.2) is 9.84 Å². The van der Waals surface area contributed by atoms with Gasteiger partial charge in [0.25, 0.3) is 0 Å². The number of benzene rings is 1. The summed E-state index contributed by atoms with van der Waals surface area (Å²) in [5.41, 5.74) is 0.632. The topological polar surface area (TPSA) is 75.3 Å². The van der Waals surface area contributed by atoms with Crippen molar-refractivity contribution in [3.05, 3.63) is 24.3 Å². The summed E-state index contributed by atoms with van der Waals surface area (Å²) >= 11 is 0.